The smallest absolute Gasteiger partial charge is 0.293 e. The Bertz CT molecular complexity index is 647. The number of ether oxygens (including phenoxy) is 1. The molecule has 2 aromatic carbocycles. The van der Waals surface area contributed by atoms with E-state index in [-0.39, 0.29) is 5.69 Å². The van der Waals surface area contributed by atoms with E-state index in [1.54, 1.807) is 19.2 Å². The predicted octanol–water partition coefficient (Wildman–Crippen LogP) is 4.01. The second kappa shape index (κ2) is 7.06. The highest BCUT2D eigenvalue weighted by Crippen LogP contribution is 2.28. The first-order chi connectivity index (χ1) is 10.1. The van der Waals surface area contributed by atoms with Crippen molar-refractivity contribution < 1.29 is 9.66 Å². The monoisotopic (exact) mass is 306 g/mol. The topological polar surface area (TPSA) is 64.4 Å². The summed E-state index contributed by atoms with van der Waals surface area (Å²) in [4.78, 5) is 10.6. The third-order valence-corrected chi connectivity index (χ3v) is 3.18. The van der Waals surface area contributed by atoms with Crippen molar-refractivity contribution >= 4 is 23.0 Å². The van der Waals surface area contributed by atoms with Gasteiger partial charge in [0.1, 0.15) is 5.69 Å². The second-order valence-electron chi connectivity index (χ2n) is 4.53. The minimum atomic E-state index is -0.449. The second-order valence-corrected chi connectivity index (χ2v) is 4.96. The van der Waals surface area contributed by atoms with E-state index < -0.39 is 4.92 Å². The molecule has 0 saturated heterocycles. The molecule has 0 spiro atoms. The van der Waals surface area contributed by atoms with E-state index in [1.165, 1.54) is 6.07 Å². The normalized spacial score (nSPS) is 10.4. The van der Waals surface area contributed by atoms with Crippen LogP contribution < -0.4 is 5.32 Å². The molecule has 0 radical (unpaired) electrons. The third-order valence-electron chi connectivity index (χ3n) is 2.94. The number of benzene rings is 2. The summed E-state index contributed by atoms with van der Waals surface area (Å²) in [7, 11) is 1.64. The summed E-state index contributed by atoms with van der Waals surface area (Å²) < 4.78 is 5.09. The average molecular weight is 307 g/mol. The molecule has 0 aliphatic rings. The van der Waals surface area contributed by atoms with Gasteiger partial charge in [0.15, 0.2) is 0 Å². The lowest BCUT2D eigenvalue weighted by molar-refractivity contribution is -0.383. The van der Waals surface area contributed by atoms with Gasteiger partial charge in [0, 0.05) is 24.7 Å². The van der Waals surface area contributed by atoms with Gasteiger partial charge in [-0.25, -0.2) is 0 Å². The quantitative estimate of drug-likeness (QED) is 0.647. The number of anilines is 1. The first-order valence-electron chi connectivity index (χ1n) is 6.34. The van der Waals surface area contributed by atoms with Crippen LogP contribution in [0.2, 0.25) is 5.02 Å². The maximum absolute atomic E-state index is 11.0. The number of hydrogen-bond acceptors (Lipinski definition) is 4. The fraction of sp³-hybridized carbons (Fsp3) is 0.200. The van der Waals surface area contributed by atoms with Crippen LogP contribution in [-0.4, -0.2) is 12.0 Å². The van der Waals surface area contributed by atoms with Crippen molar-refractivity contribution in [3.05, 3.63) is 68.7 Å². The molecule has 5 nitrogen and oxygen atoms in total. The number of methoxy groups -OCH3 is 1. The van der Waals surface area contributed by atoms with Crippen LogP contribution in [-0.2, 0) is 17.9 Å². The minimum absolute atomic E-state index is 0.0319. The molecule has 2 rings (SSSR count). The summed E-state index contributed by atoms with van der Waals surface area (Å²) in [5.74, 6) is 0. The summed E-state index contributed by atoms with van der Waals surface area (Å²) in [6.07, 6.45) is 0. The van der Waals surface area contributed by atoms with E-state index >= 15 is 0 Å². The van der Waals surface area contributed by atoms with Crippen molar-refractivity contribution in [1.29, 1.82) is 0 Å². The SMILES string of the molecule is COCc1cccc(CNc2ccc(Cl)cc2[N+](=O)[O-])c1. The Labute approximate surface area is 127 Å². The first kappa shape index (κ1) is 15.3. The van der Waals surface area contributed by atoms with Crippen LogP contribution in [0.15, 0.2) is 42.5 Å². The van der Waals surface area contributed by atoms with Crippen LogP contribution in [0, 0.1) is 10.1 Å². The van der Waals surface area contributed by atoms with Gasteiger partial charge in [-0.05, 0) is 23.3 Å². The zero-order chi connectivity index (χ0) is 15.2. The molecule has 0 aliphatic heterocycles. The minimum Gasteiger partial charge on any atom is -0.380 e. The molecule has 0 aromatic heterocycles. The van der Waals surface area contributed by atoms with Crippen molar-refractivity contribution in [1.82, 2.24) is 0 Å². The van der Waals surface area contributed by atoms with Gasteiger partial charge >= 0.3 is 0 Å². The molecule has 0 amide bonds. The Morgan fingerprint density at radius 2 is 2.00 bits per heavy atom. The lowest BCUT2D eigenvalue weighted by Gasteiger charge is -2.09. The predicted molar refractivity (Wildman–Crippen MR) is 82.6 cm³/mol. The Morgan fingerprint density at radius 1 is 1.24 bits per heavy atom. The largest absolute Gasteiger partial charge is 0.380 e. The first-order valence-corrected chi connectivity index (χ1v) is 6.72. The van der Waals surface area contributed by atoms with Crippen molar-refractivity contribution in [2.75, 3.05) is 12.4 Å². The maximum atomic E-state index is 11.0. The van der Waals surface area contributed by atoms with E-state index in [0.717, 1.165) is 11.1 Å². The van der Waals surface area contributed by atoms with Crippen LogP contribution in [0.1, 0.15) is 11.1 Å². The fourth-order valence-corrected chi connectivity index (χ4v) is 2.17. The van der Waals surface area contributed by atoms with Crippen molar-refractivity contribution in [2.45, 2.75) is 13.2 Å². The van der Waals surface area contributed by atoms with Gasteiger partial charge in [-0.1, -0.05) is 35.9 Å². The summed E-state index contributed by atoms with van der Waals surface area (Å²) in [6, 6.07) is 12.4. The fourth-order valence-electron chi connectivity index (χ4n) is 2.00. The number of rotatable bonds is 6. The zero-order valence-corrected chi connectivity index (χ0v) is 12.3. The Morgan fingerprint density at radius 3 is 2.71 bits per heavy atom. The number of nitrogens with zero attached hydrogens (tertiary/aromatic N) is 1. The van der Waals surface area contributed by atoms with E-state index in [1.807, 2.05) is 24.3 Å². The molecule has 0 atom stereocenters. The molecule has 0 fully saturated rings. The van der Waals surface area contributed by atoms with Gasteiger partial charge < -0.3 is 10.1 Å². The Kier molecular flexibility index (Phi) is 5.14. The highest BCUT2D eigenvalue weighted by Gasteiger charge is 2.13. The molecular weight excluding hydrogens is 292 g/mol. The summed E-state index contributed by atoms with van der Waals surface area (Å²) >= 11 is 5.79. The van der Waals surface area contributed by atoms with Gasteiger partial charge in [-0.2, -0.15) is 0 Å². The van der Waals surface area contributed by atoms with E-state index in [9.17, 15) is 10.1 Å². The number of halogens is 1. The average Bonchev–Trinajstić information content (AvgIpc) is 2.46. The molecular formula is C15H15ClN2O3. The van der Waals surface area contributed by atoms with E-state index in [2.05, 4.69) is 5.32 Å². The molecule has 0 bridgehead atoms. The summed E-state index contributed by atoms with van der Waals surface area (Å²) in [6.45, 7) is 1.02. The van der Waals surface area contributed by atoms with Gasteiger partial charge in [0.25, 0.3) is 5.69 Å². The van der Waals surface area contributed by atoms with Crippen LogP contribution >= 0.6 is 11.6 Å². The van der Waals surface area contributed by atoms with Crippen LogP contribution in [0.25, 0.3) is 0 Å². The van der Waals surface area contributed by atoms with Crippen LogP contribution in [0.5, 0.6) is 0 Å². The Hall–Kier alpha value is -2.11. The van der Waals surface area contributed by atoms with Crippen molar-refractivity contribution in [3.63, 3.8) is 0 Å². The summed E-state index contributed by atoms with van der Waals surface area (Å²) in [5.41, 5.74) is 2.49. The number of nitro groups is 1. The highest BCUT2D eigenvalue weighted by molar-refractivity contribution is 6.30. The van der Waals surface area contributed by atoms with Crippen LogP contribution in [0.4, 0.5) is 11.4 Å². The van der Waals surface area contributed by atoms with Crippen LogP contribution in [0.3, 0.4) is 0 Å². The number of nitrogens with one attached hydrogen (secondary N) is 1. The molecule has 0 heterocycles. The van der Waals surface area contributed by atoms with Gasteiger partial charge in [0.2, 0.25) is 0 Å². The third kappa shape index (κ3) is 4.18. The Balaban J connectivity index is 2.13. The molecule has 21 heavy (non-hydrogen) atoms. The van der Waals surface area contributed by atoms with E-state index in [0.29, 0.717) is 23.9 Å². The standard InChI is InChI=1S/C15H15ClN2O3/c1-21-10-12-4-2-3-11(7-12)9-17-14-6-5-13(16)8-15(14)18(19)20/h2-8,17H,9-10H2,1H3. The number of nitro benzene ring substituents is 1. The molecule has 6 heteroatoms. The molecule has 110 valence electrons. The van der Waals surface area contributed by atoms with Gasteiger partial charge in [-0.3, -0.25) is 10.1 Å². The van der Waals surface area contributed by atoms with Crippen molar-refractivity contribution in [3.8, 4) is 0 Å². The van der Waals surface area contributed by atoms with Crippen molar-refractivity contribution in [2.24, 2.45) is 0 Å². The maximum Gasteiger partial charge on any atom is 0.293 e. The molecule has 0 saturated carbocycles. The molecule has 0 unspecified atom stereocenters. The number of hydrogen-bond donors (Lipinski definition) is 1. The molecule has 1 N–H and O–H groups in total. The molecule has 0 aliphatic carbocycles. The lowest BCUT2D eigenvalue weighted by Crippen LogP contribution is -2.03. The lowest BCUT2D eigenvalue weighted by atomic mass is 10.1. The summed E-state index contributed by atoms with van der Waals surface area (Å²) in [5, 5.41) is 14.4. The van der Waals surface area contributed by atoms with Gasteiger partial charge in [-0.15, -0.1) is 0 Å². The van der Waals surface area contributed by atoms with E-state index in [4.69, 9.17) is 16.3 Å². The molecule has 2 aromatic rings. The highest BCUT2D eigenvalue weighted by atomic mass is 35.5. The zero-order valence-electron chi connectivity index (χ0n) is 11.5. The van der Waals surface area contributed by atoms with Gasteiger partial charge in [0.05, 0.1) is 11.5 Å².